The Kier molecular flexibility index (Phi) is 3.59. The quantitative estimate of drug-likeness (QED) is 0.789. The third-order valence-electron chi connectivity index (χ3n) is 5.37. The smallest absolute Gasteiger partial charge is 0.239 e. The molecule has 0 radical (unpaired) electrons. The molecule has 3 nitrogen and oxygen atoms in total. The molecule has 1 aliphatic carbocycles. The predicted molar refractivity (Wildman–Crippen MR) is 76.9 cm³/mol. The second-order valence-electron chi connectivity index (χ2n) is 7.63. The first-order valence-electron chi connectivity index (χ1n) is 8.10. The van der Waals surface area contributed by atoms with Gasteiger partial charge < -0.3 is 10.2 Å². The molecule has 2 heterocycles. The molecule has 3 unspecified atom stereocenters. The molecule has 3 fully saturated rings. The maximum atomic E-state index is 12.7. The van der Waals surface area contributed by atoms with Crippen molar-refractivity contribution in [3.63, 3.8) is 0 Å². The van der Waals surface area contributed by atoms with Crippen LogP contribution in [0.4, 0.5) is 0 Å². The summed E-state index contributed by atoms with van der Waals surface area (Å²) < 4.78 is 0. The van der Waals surface area contributed by atoms with Crippen LogP contribution in [0.2, 0.25) is 0 Å². The van der Waals surface area contributed by atoms with Crippen LogP contribution in [0.5, 0.6) is 0 Å². The van der Waals surface area contributed by atoms with Gasteiger partial charge in [-0.05, 0) is 43.4 Å². The van der Waals surface area contributed by atoms with Crippen LogP contribution < -0.4 is 5.32 Å². The van der Waals surface area contributed by atoms with Crippen LogP contribution in [0.15, 0.2) is 0 Å². The standard InChI is InChI=1S/C16H28N2O/c1-16(2)8-5-9-18(11-16)15(19)14-10-12-6-3-4-7-13(12)17-14/h12-14,17H,3-11H2,1-2H3. The van der Waals surface area contributed by atoms with Crippen LogP contribution in [0, 0.1) is 11.3 Å². The average Bonchev–Trinajstić information content (AvgIpc) is 2.80. The highest BCUT2D eigenvalue weighted by atomic mass is 16.2. The van der Waals surface area contributed by atoms with Gasteiger partial charge in [0.2, 0.25) is 5.91 Å². The molecule has 0 bridgehead atoms. The molecule has 3 atom stereocenters. The lowest BCUT2D eigenvalue weighted by atomic mass is 9.83. The summed E-state index contributed by atoms with van der Waals surface area (Å²) in [4.78, 5) is 14.8. The van der Waals surface area contributed by atoms with E-state index in [1.165, 1.54) is 32.1 Å². The molecule has 0 aromatic heterocycles. The zero-order chi connectivity index (χ0) is 13.5. The van der Waals surface area contributed by atoms with Gasteiger partial charge in [0.1, 0.15) is 0 Å². The fourth-order valence-corrected chi connectivity index (χ4v) is 4.34. The van der Waals surface area contributed by atoms with Crippen LogP contribution in [-0.4, -0.2) is 36.0 Å². The molecular formula is C16H28N2O. The monoisotopic (exact) mass is 264 g/mol. The Labute approximate surface area is 117 Å². The summed E-state index contributed by atoms with van der Waals surface area (Å²) in [5.41, 5.74) is 0.305. The first-order chi connectivity index (χ1) is 9.05. The molecule has 0 aromatic rings. The number of hydrogen-bond donors (Lipinski definition) is 1. The zero-order valence-electron chi connectivity index (χ0n) is 12.5. The minimum Gasteiger partial charge on any atom is -0.341 e. The van der Waals surface area contributed by atoms with E-state index in [4.69, 9.17) is 0 Å². The fourth-order valence-electron chi connectivity index (χ4n) is 4.34. The normalized spacial score (nSPS) is 38.0. The van der Waals surface area contributed by atoms with Gasteiger partial charge in [0.15, 0.2) is 0 Å². The lowest BCUT2D eigenvalue weighted by molar-refractivity contribution is -0.136. The first-order valence-corrected chi connectivity index (χ1v) is 8.10. The maximum absolute atomic E-state index is 12.7. The largest absolute Gasteiger partial charge is 0.341 e. The first kappa shape index (κ1) is 13.4. The van der Waals surface area contributed by atoms with Crippen molar-refractivity contribution in [3.05, 3.63) is 0 Å². The highest BCUT2D eigenvalue weighted by Gasteiger charge is 2.41. The average molecular weight is 264 g/mol. The summed E-state index contributed by atoms with van der Waals surface area (Å²) in [5, 5.41) is 3.63. The van der Waals surface area contributed by atoms with Crippen LogP contribution in [0.1, 0.15) is 58.8 Å². The molecule has 19 heavy (non-hydrogen) atoms. The van der Waals surface area contributed by atoms with E-state index in [9.17, 15) is 4.79 Å². The van der Waals surface area contributed by atoms with Crippen molar-refractivity contribution < 1.29 is 4.79 Å². The van der Waals surface area contributed by atoms with Crippen molar-refractivity contribution in [2.75, 3.05) is 13.1 Å². The number of rotatable bonds is 1. The van der Waals surface area contributed by atoms with Crippen LogP contribution >= 0.6 is 0 Å². The number of hydrogen-bond acceptors (Lipinski definition) is 2. The highest BCUT2D eigenvalue weighted by Crippen LogP contribution is 2.35. The van der Waals surface area contributed by atoms with E-state index in [0.29, 0.717) is 17.4 Å². The minimum atomic E-state index is 0.113. The maximum Gasteiger partial charge on any atom is 0.239 e. The highest BCUT2D eigenvalue weighted by molar-refractivity contribution is 5.82. The van der Waals surface area contributed by atoms with E-state index >= 15 is 0 Å². The van der Waals surface area contributed by atoms with Gasteiger partial charge in [-0.1, -0.05) is 26.7 Å². The molecule has 3 heteroatoms. The number of likely N-dealkylation sites (tertiary alicyclic amines) is 1. The van der Waals surface area contributed by atoms with E-state index < -0.39 is 0 Å². The Hall–Kier alpha value is -0.570. The van der Waals surface area contributed by atoms with Crippen LogP contribution in [0.3, 0.4) is 0 Å². The molecule has 2 aliphatic heterocycles. The number of nitrogens with zero attached hydrogens (tertiary/aromatic N) is 1. The van der Waals surface area contributed by atoms with Gasteiger partial charge in [-0.3, -0.25) is 4.79 Å². The summed E-state index contributed by atoms with van der Waals surface area (Å²) in [6.07, 6.45) is 8.80. The third kappa shape index (κ3) is 2.81. The molecule has 1 amide bonds. The van der Waals surface area contributed by atoms with E-state index in [2.05, 4.69) is 24.1 Å². The molecule has 3 rings (SSSR count). The van der Waals surface area contributed by atoms with Crippen molar-refractivity contribution >= 4 is 5.91 Å². The van der Waals surface area contributed by atoms with Crippen LogP contribution in [0.25, 0.3) is 0 Å². The Balaban J connectivity index is 1.61. The van der Waals surface area contributed by atoms with Crippen molar-refractivity contribution in [1.82, 2.24) is 10.2 Å². The minimum absolute atomic E-state index is 0.113. The van der Waals surface area contributed by atoms with E-state index in [-0.39, 0.29) is 6.04 Å². The van der Waals surface area contributed by atoms with Crippen molar-refractivity contribution in [1.29, 1.82) is 0 Å². The van der Waals surface area contributed by atoms with E-state index in [1.807, 2.05) is 0 Å². The second kappa shape index (κ2) is 5.08. The zero-order valence-corrected chi connectivity index (χ0v) is 12.5. The fraction of sp³-hybridized carbons (Fsp3) is 0.938. The number of piperidine rings is 1. The second-order valence-corrected chi connectivity index (χ2v) is 7.63. The lowest BCUT2D eigenvalue weighted by Crippen LogP contribution is -2.50. The van der Waals surface area contributed by atoms with Gasteiger partial charge >= 0.3 is 0 Å². The number of carbonyl (C=O) groups is 1. The molecule has 0 spiro atoms. The van der Waals surface area contributed by atoms with E-state index in [0.717, 1.165) is 31.8 Å². The number of carbonyl (C=O) groups excluding carboxylic acids is 1. The van der Waals surface area contributed by atoms with Gasteiger partial charge in [-0.15, -0.1) is 0 Å². The third-order valence-corrected chi connectivity index (χ3v) is 5.37. The summed E-state index contributed by atoms with van der Waals surface area (Å²) in [5.74, 6) is 1.14. The number of amides is 1. The Morgan fingerprint density at radius 1 is 1.21 bits per heavy atom. The van der Waals surface area contributed by atoms with Gasteiger partial charge in [-0.2, -0.15) is 0 Å². The molecular weight excluding hydrogens is 236 g/mol. The lowest BCUT2D eigenvalue weighted by Gasteiger charge is -2.39. The molecule has 0 aromatic carbocycles. The topological polar surface area (TPSA) is 32.3 Å². The van der Waals surface area contributed by atoms with Gasteiger partial charge in [0, 0.05) is 19.1 Å². The molecule has 1 saturated carbocycles. The molecule has 108 valence electrons. The Morgan fingerprint density at radius 3 is 2.74 bits per heavy atom. The summed E-state index contributed by atoms with van der Waals surface area (Å²) in [7, 11) is 0. The van der Waals surface area contributed by atoms with Gasteiger partial charge in [-0.25, -0.2) is 0 Å². The van der Waals surface area contributed by atoms with Gasteiger partial charge in [0.25, 0.3) is 0 Å². The summed E-state index contributed by atoms with van der Waals surface area (Å²) >= 11 is 0. The Bertz CT molecular complexity index is 339. The van der Waals surface area contributed by atoms with Crippen molar-refractivity contribution in [2.24, 2.45) is 11.3 Å². The van der Waals surface area contributed by atoms with Gasteiger partial charge in [0.05, 0.1) is 6.04 Å². The predicted octanol–water partition coefficient (Wildman–Crippen LogP) is 2.56. The Morgan fingerprint density at radius 2 is 2.00 bits per heavy atom. The van der Waals surface area contributed by atoms with Crippen molar-refractivity contribution in [3.8, 4) is 0 Å². The number of nitrogens with one attached hydrogen (secondary N) is 1. The molecule has 1 N–H and O–H groups in total. The molecule has 3 aliphatic rings. The number of fused-ring (bicyclic) bond motifs is 1. The summed E-state index contributed by atoms with van der Waals surface area (Å²) in [6.45, 7) is 6.48. The van der Waals surface area contributed by atoms with E-state index in [1.54, 1.807) is 0 Å². The van der Waals surface area contributed by atoms with Crippen LogP contribution in [-0.2, 0) is 4.79 Å². The molecule has 2 saturated heterocycles. The SMILES string of the molecule is CC1(C)CCCN(C(=O)C2CC3CCCCC3N2)C1. The van der Waals surface area contributed by atoms with Crippen molar-refractivity contribution in [2.45, 2.75) is 70.9 Å². The summed E-state index contributed by atoms with van der Waals surface area (Å²) in [6, 6.07) is 0.738.